The first-order valence-electron chi connectivity index (χ1n) is 1.49. The molecule has 0 saturated heterocycles. The Morgan fingerprint density at radius 2 is 1.67 bits per heavy atom. The summed E-state index contributed by atoms with van der Waals surface area (Å²) < 4.78 is 0. The molecule has 0 aliphatic rings. The third-order valence-corrected chi connectivity index (χ3v) is 0. The van der Waals surface area contributed by atoms with Crippen LogP contribution in [-0.2, 0) is 24.3 Å². The predicted octanol–water partition coefficient (Wildman–Crippen LogP) is -0.259. The molecule has 0 unspecified atom stereocenters. The molecule has 0 saturated carbocycles. The van der Waals surface area contributed by atoms with E-state index >= 15 is 0 Å². The van der Waals surface area contributed by atoms with Crippen LogP contribution in [0.3, 0.4) is 0 Å². The van der Waals surface area contributed by atoms with Crippen LogP contribution in [-0.4, -0.2) is 21.4 Å². The van der Waals surface area contributed by atoms with Crippen LogP contribution < -0.4 is 0 Å². The van der Waals surface area contributed by atoms with Crippen molar-refractivity contribution < 1.29 is 39.7 Å². The summed E-state index contributed by atoms with van der Waals surface area (Å²) in [5, 5.41) is 21.1. The first-order chi connectivity index (χ1) is 3.46. The third-order valence-electron chi connectivity index (χ3n) is 0. The van der Waals surface area contributed by atoms with Crippen molar-refractivity contribution in [1.29, 1.82) is 0 Å². The molecule has 0 spiro atoms. The average molecular weight is 188 g/mol. The molecule has 6 nitrogen and oxygen atoms in total. The molecule has 0 heterocycles. The molecule has 0 bridgehead atoms. The van der Waals surface area contributed by atoms with Gasteiger partial charge in [0.1, 0.15) is 0 Å². The molecular weight excluding hydrogens is 183 g/mol. The molecule has 0 atom stereocenters. The second kappa shape index (κ2) is 10.3. The number of rotatable bonds is 0. The van der Waals surface area contributed by atoms with Crippen LogP contribution in [0.5, 0.6) is 0 Å². The van der Waals surface area contributed by atoms with Crippen molar-refractivity contribution in [2.45, 2.75) is 6.92 Å². The van der Waals surface area contributed by atoms with E-state index in [9.17, 15) is 0 Å². The van der Waals surface area contributed by atoms with Gasteiger partial charge >= 0.3 is 0 Å². The fourth-order valence-electron chi connectivity index (χ4n) is 0. The number of nitrogens with zero attached hydrogens (tertiary/aromatic N) is 1. The maximum atomic E-state index is 9.00. The molecule has 0 aliphatic carbocycles. The Morgan fingerprint density at radius 3 is 1.67 bits per heavy atom. The van der Waals surface area contributed by atoms with Gasteiger partial charge in [-0.3, -0.25) is 4.79 Å². The van der Waals surface area contributed by atoms with Crippen LogP contribution in [0, 0.1) is 10.1 Å². The average Bonchev–Trinajstić information content (AvgIpc) is 1.25. The van der Waals surface area contributed by atoms with Gasteiger partial charge in [0.2, 0.25) is 0 Å². The predicted molar refractivity (Wildman–Crippen MR) is 22.1 cm³/mol. The quantitative estimate of drug-likeness (QED) is 0.310. The normalized spacial score (nSPS) is 5.44. The van der Waals surface area contributed by atoms with Gasteiger partial charge < -0.3 is 10.3 Å². The minimum absolute atomic E-state index is 0. The van der Waals surface area contributed by atoms with Crippen LogP contribution >= 0.6 is 0 Å². The third kappa shape index (κ3) is 409. The second-order valence-corrected chi connectivity index (χ2v) is 0.757. The van der Waals surface area contributed by atoms with Gasteiger partial charge in [-0.25, -0.2) is 0 Å². The first kappa shape index (κ1) is 15.7. The largest absolute Gasteiger partial charge is 0.481 e. The second-order valence-electron chi connectivity index (χ2n) is 0.757. The van der Waals surface area contributed by atoms with Crippen LogP contribution in [0.2, 0.25) is 0 Å². The summed E-state index contributed by atoms with van der Waals surface area (Å²) in [6, 6.07) is 0. The Hall–Kier alpha value is -0.707. The molecule has 50 valence electrons. The van der Waals surface area contributed by atoms with Gasteiger partial charge in [0.15, 0.2) is 0 Å². The zero-order valence-electron chi connectivity index (χ0n) is 4.77. The number of hydrogen-bond acceptors (Lipinski definition) is 3. The molecule has 0 amide bonds. The summed E-state index contributed by atoms with van der Waals surface area (Å²) in [6.07, 6.45) is 0. The van der Waals surface area contributed by atoms with Gasteiger partial charge in [-0.05, 0) is 0 Å². The van der Waals surface area contributed by atoms with E-state index in [1.807, 2.05) is 0 Å². The van der Waals surface area contributed by atoms with E-state index in [-0.39, 0.29) is 19.5 Å². The summed E-state index contributed by atoms with van der Waals surface area (Å²) in [5.74, 6) is -0.833. The van der Waals surface area contributed by atoms with E-state index in [1.165, 1.54) is 0 Å². The first-order valence-corrected chi connectivity index (χ1v) is 1.49. The topological polar surface area (TPSA) is 101 Å². The smallest absolute Gasteiger partial charge is 0.300 e. The van der Waals surface area contributed by atoms with Crippen molar-refractivity contribution in [1.82, 2.24) is 0 Å². The summed E-state index contributed by atoms with van der Waals surface area (Å²) in [7, 11) is 0. The van der Waals surface area contributed by atoms with Gasteiger partial charge in [-0.1, -0.05) is 0 Å². The molecular formula is C2H5NO5Zn. The monoisotopic (exact) mass is 187 g/mol. The van der Waals surface area contributed by atoms with Crippen molar-refractivity contribution in [3.8, 4) is 0 Å². The van der Waals surface area contributed by atoms with Gasteiger partial charge in [-0.15, -0.1) is 10.1 Å². The SMILES string of the molecule is CC(=O)O.O=[N+]([O-])O.[Zn]. The van der Waals surface area contributed by atoms with Crippen LogP contribution in [0.25, 0.3) is 0 Å². The fourth-order valence-corrected chi connectivity index (χ4v) is 0. The molecule has 2 N–H and O–H groups in total. The molecule has 0 aromatic carbocycles. The minimum Gasteiger partial charge on any atom is -0.481 e. The van der Waals surface area contributed by atoms with Crippen molar-refractivity contribution in [3.63, 3.8) is 0 Å². The molecule has 7 heteroatoms. The summed E-state index contributed by atoms with van der Waals surface area (Å²) in [5.41, 5.74) is 0. The number of carbonyl (C=O) groups is 1. The van der Waals surface area contributed by atoms with Crippen LogP contribution in [0.15, 0.2) is 0 Å². The van der Waals surface area contributed by atoms with E-state index in [4.69, 9.17) is 25.2 Å². The van der Waals surface area contributed by atoms with E-state index in [1.54, 1.807) is 0 Å². The van der Waals surface area contributed by atoms with Crippen molar-refractivity contribution in [2.75, 3.05) is 0 Å². The van der Waals surface area contributed by atoms with E-state index < -0.39 is 11.1 Å². The van der Waals surface area contributed by atoms with Crippen LogP contribution in [0.4, 0.5) is 0 Å². The van der Waals surface area contributed by atoms with Crippen molar-refractivity contribution in [2.24, 2.45) is 0 Å². The maximum Gasteiger partial charge on any atom is 0.300 e. The van der Waals surface area contributed by atoms with Gasteiger partial charge in [0, 0.05) is 26.4 Å². The van der Waals surface area contributed by atoms with Gasteiger partial charge in [0.05, 0.1) is 0 Å². The van der Waals surface area contributed by atoms with E-state index in [0.29, 0.717) is 0 Å². The van der Waals surface area contributed by atoms with Crippen molar-refractivity contribution in [3.05, 3.63) is 10.1 Å². The Bertz CT molecular complexity index is 73.0. The van der Waals surface area contributed by atoms with E-state index in [2.05, 4.69) is 0 Å². The molecule has 0 aromatic rings. The summed E-state index contributed by atoms with van der Waals surface area (Å²) in [4.78, 5) is 17.4. The Morgan fingerprint density at radius 1 is 1.67 bits per heavy atom. The fraction of sp³-hybridized carbons (Fsp3) is 0.500. The van der Waals surface area contributed by atoms with Gasteiger partial charge in [-0.2, -0.15) is 0 Å². The number of carboxylic acids is 1. The number of aliphatic carboxylic acids is 1. The molecule has 0 fully saturated rings. The molecule has 9 heavy (non-hydrogen) atoms. The zero-order valence-corrected chi connectivity index (χ0v) is 7.74. The Balaban J connectivity index is -0.0000000720. The van der Waals surface area contributed by atoms with E-state index in [0.717, 1.165) is 6.92 Å². The van der Waals surface area contributed by atoms with Gasteiger partial charge in [0.25, 0.3) is 11.1 Å². The molecule has 0 aliphatic heterocycles. The molecule has 0 radical (unpaired) electrons. The summed E-state index contributed by atoms with van der Waals surface area (Å²) in [6.45, 7) is 1.08. The number of hydrogen-bond donors (Lipinski definition) is 2. The Kier molecular flexibility index (Phi) is 18.0. The standard InChI is InChI=1S/C2H4O2.HNO3.Zn/c1-2(3)4;2-1(3)4;/h1H3,(H,3,4);(H,2,3,4);. The maximum absolute atomic E-state index is 9.00. The Labute approximate surface area is 63.4 Å². The minimum atomic E-state index is -1.50. The van der Waals surface area contributed by atoms with Crippen LogP contribution in [0.1, 0.15) is 6.92 Å². The zero-order chi connectivity index (χ0) is 7.15. The van der Waals surface area contributed by atoms with Crippen molar-refractivity contribution >= 4 is 5.97 Å². The molecule has 0 aromatic heterocycles. The molecule has 0 rings (SSSR count). The number of carboxylic acid groups (broad SMARTS) is 1. The summed E-state index contributed by atoms with van der Waals surface area (Å²) >= 11 is 0.